The summed E-state index contributed by atoms with van der Waals surface area (Å²) < 4.78 is 44.4. The lowest BCUT2D eigenvalue weighted by Crippen LogP contribution is -2.48. The number of nitrogens with zero attached hydrogens (tertiary/aromatic N) is 1. The van der Waals surface area contributed by atoms with Crippen LogP contribution in [0.2, 0.25) is 5.02 Å². The largest absolute Gasteiger partial charge is 0.497 e. The molecular formula is C23H21ClN2O6S. The second-order valence-electron chi connectivity index (χ2n) is 7.12. The summed E-state index contributed by atoms with van der Waals surface area (Å²) in [5.41, 5.74) is 0.624. The minimum Gasteiger partial charge on any atom is -0.497 e. The molecule has 0 aliphatic carbocycles. The molecule has 4 rings (SSSR count). The number of methoxy groups -OCH3 is 2. The van der Waals surface area contributed by atoms with Crippen molar-refractivity contribution in [2.75, 3.05) is 30.4 Å². The lowest BCUT2D eigenvalue weighted by molar-refractivity contribution is -0.122. The normalized spacial score (nSPS) is 15.2. The minimum absolute atomic E-state index is 0.0893. The highest BCUT2D eigenvalue weighted by atomic mass is 35.5. The predicted octanol–water partition coefficient (Wildman–Crippen LogP) is 3.95. The zero-order valence-corrected chi connectivity index (χ0v) is 19.4. The Bertz CT molecular complexity index is 1280. The zero-order valence-electron chi connectivity index (χ0n) is 17.8. The van der Waals surface area contributed by atoms with Gasteiger partial charge in [-0.2, -0.15) is 0 Å². The quantitative estimate of drug-likeness (QED) is 0.564. The van der Waals surface area contributed by atoms with Crippen molar-refractivity contribution in [1.29, 1.82) is 0 Å². The molecule has 0 aromatic heterocycles. The van der Waals surface area contributed by atoms with Gasteiger partial charge in [0.05, 0.1) is 37.0 Å². The van der Waals surface area contributed by atoms with Crippen LogP contribution in [0, 0.1) is 0 Å². The van der Waals surface area contributed by atoms with E-state index in [1.807, 2.05) is 0 Å². The Hall–Kier alpha value is -3.43. The van der Waals surface area contributed by atoms with Crippen molar-refractivity contribution in [3.05, 3.63) is 71.8 Å². The number of carbonyl (C=O) groups is 1. The van der Waals surface area contributed by atoms with Crippen LogP contribution in [0.5, 0.6) is 17.2 Å². The molecule has 0 saturated heterocycles. The molecule has 1 N–H and O–H groups in total. The fourth-order valence-electron chi connectivity index (χ4n) is 3.43. The lowest BCUT2D eigenvalue weighted by Gasteiger charge is -2.35. The molecule has 0 fully saturated rings. The van der Waals surface area contributed by atoms with E-state index in [1.54, 1.807) is 42.5 Å². The van der Waals surface area contributed by atoms with Gasteiger partial charge < -0.3 is 19.5 Å². The number of hydrogen-bond donors (Lipinski definition) is 1. The van der Waals surface area contributed by atoms with E-state index in [0.29, 0.717) is 22.2 Å². The number of anilines is 2. The van der Waals surface area contributed by atoms with Gasteiger partial charge in [-0.05, 0) is 42.5 Å². The van der Waals surface area contributed by atoms with Gasteiger partial charge in [-0.25, -0.2) is 8.42 Å². The summed E-state index contributed by atoms with van der Waals surface area (Å²) in [6.07, 6.45) is -1.13. The molecule has 1 unspecified atom stereocenters. The number of rotatable bonds is 6. The van der Waals surface area contributed by atoms with Crippen molar-refractivity contribution in [1.82, 2.24) is 0 Å². The summed E-state index contributed by atoms with van der Waals surface area (Å²) in [4.78, 5) is 13.2. The first-order valence-corrected chi connectivity index (χ1v) is 11.7. The number of ether oxygens (including phenoxy) is 3. The van der Waals surface area contributed by atoms with Crippen LogP contribution >= 0.6 is 11.6 Å². The van der Waals surface area contributed by atoms with Crippen LogP contribution in [-0.4, -0.2) is 41.2 Å². The summed E-state index contributed by atoms with van der Waals surface area (Å²) in [5.74, 6) is 0.614. The Morgan fingerprint density at radius 1 is 1.06 bits per heavy atom. The van der Waals surface area contributed by atoms with E-state index in [4.69, 9.17) is 25.8 Å². The predicted molar refractivity (Wildman–Crippen MR) is 125 cm³/mol. The Kier molecular flexibility index (Phi) is 6.35. The van der Waals surface area contributed by atoms with Crippen LogP contribution in [0.3, 0.4) is 0 Å². The van der Waals surface area contributed by atoms with Gasteiger partial charge in [0.1, 0.15) is 17.2 Å². The molecule has 0 radical (unpaired) electrons. The monoisotopic (exact) mass is 488 g/mol. The molecule has 3 aromatic rings. The molecule has 0 spiro atoms. The first kappa shape index (κ1) is 22.8. The van der Waals surface area contributed by atoms with Gasteiger partial charge in [0.2, 0.25) is 0 Å². The Morgan fingerprint density at radius 2 is 1.82 bits per heavy atom. The average Bonchev–Trinajstić information content (AvgIpc) is 2.83. The average molecular weight is 489 g/mol. The van der Waals surface area contributed by atoms with Crippen LogP contribution in [-0.2, 0) is 14.8 Å². The molecule has 0 saturated carbocycles. The minimum atomic E-state index is -3.98. The van der Waals surface area contributed by atoms with Crippen LogP contribution in [0.1, 0.15) is 0 Å². The molecule has 1 amide bonds. The van der Waals surface area contributed by atoms with Crippen molar-refractivity contribution in [2.24, 2.45) is 0 Å². The van der Waals surface area contributed by atoms with Gasteiger partial charge in [-0.3, -0.25) is 9.10 Å². The second-order valence-corrected chi connectivity index (χ2v) is 9.42. The highest BCUT2D eigenvalue weighted by molar-refractivity contribution is 7.92. The number of benzene rings is 3. The van der Waals surface area contributed by atoms with Crippen LogP contribution in [0.25, 0.3) is 0 Å². The van der Waals surface area contributed by atoms with E-state index < -0.39 is 22.0 Å². The third-order valence-electron chi connectivity index (χ3n) is 5.08. The van der Waals surface area contributed by atoms with E-state index in [2.05, 4.69) is 5.32 Å². The first-order valence-electron chi connectivity index (χ1n) is 9.90. The van der Waals surface area contributed by atoms with Crippen LogP contribution in [0.15, 0.2) is 71.6 Å². The topological polar surface area (TPSA) is 94.2 Å². The Labute approximate surface area is 196 Å². The maximum absolute atomic E-state index is 13.4. The van der Waals surface area contributed by atoms with Gasteiger partial charge in [0.15, 0.2) is 6.10 Å². The highest BCUT2D eigenvalue weighted by Gasteiger charge is 2.38. The van der Waals surface area contributed by atoms with E-state index in [1.165, 1.54) is 38.5 Å². The fourth-order valence-corrected chi connectivity index (χ4v) is 5.09. The lowest BCUT2D eigenvalue weighted by atomic mass is 10.2. The molecule has 10 heteroatoms. The fraction of sp³-hybridized carbons (Fsp3) is 0.174. The van der Waals surface area contributed by atoms with Gasteiger partial charge in [0.25, 0.3) is 15.9 Å². The van der Waals surface area contributed by atoms with Crippen LogP contribution in [0.4, 0.5) is 11.4 Å². The summed E-state index contributed by atoms with van der Waals surface area (Å²) >= 11 is 6.12. The van der Waals surface area contributed by atoms with Gasteiger partial charge in [-0.1, -0.05) is 29.8 Å². The number of nitrogens with one attached hydrogen (secondary N) is 1. The molecule has 1 aliphatic heterocycles. The van der Waals surface area contributed by atoms with Crippen molar-refractivity contribution < 1.29 is 27.4 Å². The standard InChI is InChI=1S/C23H21ClN2O6S/c1-30-16-9-11-20(31-2)18(13-16)25-23(27)22-14-26(19-12-15(24)8-10-21(19)32-22)33(28,29)17-6-4-3-5-7-17/h3-13,22H,14H2,1-2H3,(H,25,27). The molecule has 8 nitrogen and oxygen atoms in total. The number of hydrogen-bond acceptors (Lipinski definition) is 6. The first-order chi connectivity index (χ1) is 15.8. The molecule has 3 aromatic carbocycles. The maximum Gasteiger partial charge on any atom is 0.267 e. The summed E-state index contributed by atoms with van der Waals surface area (Å²) in [6.45, 7) is -0.247. The molecule has 1 heterocycles. The molecule has 1 atom stereocenters. The number of fused-ring (bicyclic) bond motifs is 1. The number of halogens is 1. The van der Waals surface area contributed by atoms with E-state index >= 15 is 0 Å². The van der Waals surface area contributed by atoms with E-state index in [9.17, 15) is 13.2 Å². The third-order valence-corrected chi connectivity index (χ3v) is 7.11. The third kappa shape index (κ3) is 4.55. The van der Waals surface area contributed by atoms with Crippen molar-refractivity contribution in [3.63, 3.8) is 0 Å². The molecular weight excluding hydrogens is 468 g/mol. The summed E-state index contributed by atoms with van der Waals surface area (Å²) in [5, 5.41) is 3.09. The number of amides is 1. The second kappa shape index (κ2) is 9.21. The van der Waals surface area contributed by atoms with Crippen molar-refractivity contribution in [2.45, 2.75) is 11.0 Å². The number of carbonyl (C=O) groups excluding carboxylic acids is 1. The highest BCUT2D eigenvalue weighted by Crippen LogP contribution is 2.39. The van der Waals surface area contributed by atoms with Gasteiger partial charge in [0, 0.05) is 11.1 Å². The molecule has 33 heavy (non-hydrogen) atoms. The zero-order chi connectivity index (χ0) is 23.6. The molecule has 1 aliphatic rings. The van der Waals surface area contributed by atoms with E-state index in [-0.39, 0.29) is 22.9 Å². The Morgan fingerprint density at radius 3 is 2.52 bits per heavy atom. The molecule has 172 valence electrons. The van der Waals surface area contributed by atoms with Crippen molar-refractivity contribution in [3.8, 4) is 17.2 Å². The van der Waals surface area contributed by atoms with Gasteiger partial charge >= 0.3 is 0 Å². The summed E-state index contributed by atoms with van der Waals surface area (Å²) in [7, 11) is -1.00. The van der Waals surface area contributed by atoms with Crippen LogP contribution < -0.4 is 23.8 Å². The van der Waals surface area contributed by atoms with E-state index in [0.717, 1.165) is 4.31 Å². The summed E-state index contributed by atoms with van der Waals surface area (Å²) in [6, 6.07) is 17.5. The SMILES string of the molecule is COc1ccc(OC)c(NC(=O)C2CN(S(=O)(=O)c3ccccc3)c3cc(Cl)ccc3O2)c1. The smallest absolute Gasteiger partial charge is 0.267 e. The molecule has 0 bridgehead atoms. The maximum atomic E-state index is 13.4. The Balaban J connectivity index is 1.69. The number of sulfonamides is 1. The van der Waals surface area contributed by atoms with Gasteiger partial charge in [-0.15, -0.1) is 0 Å². The van der Waals surface area contributed by atoms with Crippen molar-refractivity contribution >= 4 is 38.9 Å².